The molecule has 0 radical (unpaired) electrons. The molecule has 9 heteroatoms. The molecule has 0 aromatic heterocycles. The van der Waals surface area contributed by atoms with Crippen molar-refractivity contribution in [1.82, 2.24) is 0 Å². The van der Waals surface area contributed by atoms with Crippen molar-refractivity contribution >= 4 is 17.9 Å². The Morgan fingerprint density at radius 2 is 1.33 bits per heavy atom. The highest BCUT2D eigenvalue weighted by atomic mass is 16.7. The molecule has 2 saturated heterocycles. The molecule has 0 aromatic rings. The fraction of sp³-hybridized carbons (Fsp3) is 0.400. The van der Waals surface area contributed by atoms with Crippen LogP contribution in [0.25, 0.3) is 0 Å². The van der Waals surface area contributed by atoms with E-state index in [2.05, 4.69) is 6.58 Å². The second kappa shape index (κ2) is 7.75. The van der Waals surface area contributed by atoms with Gasteiger partial charge in [-0.3, -0.25) is 0 Å². The van der Waals surface area contributed by atoms with Crippen LogP contribution < -0.4 is 0 Å². The minimum absolute atomic E-state index is 0.0410. The van der Waals surface area contributed by atoms with Gasteiger partial charge in [-0.2, -0.15) is 0 Å². The largest absolute Gasteiger partial charge is 0.509 e. The molecule has 24 heavy (non-hydrogen) atoms. The zero-order chi connectivity index (χ0) is 17.7. The Labute approximate surface area is 136 Å². The SMILES string of the molecule is C=C(O)/C=C\C(=O)O[C@H]1CO[C@H]2[C@@H]1OC[C@H]2OC(=O)/C=C/C(=O)O. The highest BCUT2D eigenvalue weighted by Crippen LogP contribution is 2.30. The highest BCUT2D eigenvalue weighted by Gasteiger charge is 2.50. The molecule has 0 aliphatic carbocycles. The van der Waals surface area contributed by atoms with Gasteiger partial charge in [-0.1, -0.05) is 6.58 Å². The summed E-state index contributed by atoms with van der Waals surface area (Å²) in [5, 5.41) is 17.3. The molecule has 4 atom stereocenters. The summed E-state index contributed by atoms with van der Waals surface area (Å²) in [5.74, 6) is -3.09. The molecule has 0 aromatic carbocycles. The quantitative estimate of drug-likeness (QED) is 0.294. The number of aliphatic carboxylic acids is 1. The van der Waals surface area contributed by atoms with E-state index in [0.717, 1.165) is 18.2 Å². The van der Waals surface area contributed by atoms with Gasteiger partial charge in [0.1, 0.15) is 18.0 Å². The van der Waals surface area contributed by atoms with Crippen LogP contribution in [0.5, 0.6) is 0 Å². The zero-order valence-electron chi connectivity index (χ0n) is 12.5. The van der Waals surface area contributed by atoms with E-state index in [1.807, 2.05) is 0 Å². The maximum absolute atomic E-state index is 11.6. The lowest BCUT2D eigenvalue weighted by Gasteiger charge is -2.16. The highest BCUT2D eigenvalue weighted by molar-refractivity contribution is 5.90. The van der Waals surface area contributed by atoms with Crippen LogP contribution in [0.2, 0.25) is 0 Å². The number of hydrogen-bond donors (Lipinski definition) is 2. The van der Waals surface area contributed by atoms with E-state index in [1.165, 1.54) is 0 Å². The molecule has 0 bridgehead atoms. The Balaban J connectivity index is 1.87. The van der Waals surface area contributed by atoms with Gasteiger partial charge >= 0.3 is 17.9 Å². The van der Waals surface area contributed by atoms with Crippen molar-refractivity contribution in [2.24, 2.45) is 0 Å². The van der Waals surface area contributed by atoms with Crippen molar-refractivity contribution < 1.29 is 43.5 Å². The lowest BCUT2D eigenvalue weighted by Crippen LogP contribution is -2.35. The molecule has 0 saturated carbocycles. The van der Waals surface area contributed by atoms with Crippen LogP contribution in [0.15, 0.2) is 36.6 Å². The number of esters is 2. The van der Waals surface area contributed by atoms with Crippen molar-refractivity contribution in [1.29, 1.82) is 0 Å². The smallest absolute Gasteiger partial charge is 0.331 e. The van der Waals surface area contributed by atoms with E-state index in [-0.39, 0.29) is 19.0 Å². The van der Waals surface area contributed by atoms with Gasteiger partial charge in [0.05, 0.1) is 13.2 Å². The van der Waals surface area contributed by atoms with Gasteiger partial charge in [0, 0.05) is 18.2 Å². The first-order valence-electron chi connectivity index (χ1n) is 6.98. The third-order valence-corrected chi connectivity index (χ3v) is 3.27. The minimum Gasteiger partial charge on any atom is -0.509 e. The van der Waals surface area contributed by atoms with E-state index in [0.29, 0.717) is 6.08 Å². The first kappa shape index (κ1) is 17.7. The monoisotopic (exact) mass is 340 g/mol. The van der Waals surface area contributed by atoms with Gasteiger partial charge in [-0.05, 0) is 6.08 Å². The Morgan fingerprint density at radius 1 is 0.875 bits per heavy atom. The predicted molar refractivity (Wildman–Crippen MR) is 76.9 cm³/mol. The number of ether oxygens (including phenoxy) is 4. The van der Waals surface area contributed by atoms with E-state index in [4.69, 9.17) is 29.2 Å². The van der Waals surface area contributed by atoms with Gasteiger partial charge in [0.25, 0.3) is 0 Å². The average Bonchev–Trinajstić information content (AvgIpc) is 3.07. The van der Waals surface area contributed by atoms with Crippen LogP contribution in [0.1, 0.15) is 0 Å². The number of fused-ring (bicyclic) bond motifs is 1. The lowest BCUT2D eigenvalue weighted by molar-refractivity contribution is -0.149. The maximum Gasteiger partial charge on any atom is 0.331 e. The second-order valence-corrected chi connectivity index (χ2v) is 5.04. The van der Waals surface area contributed by atoms with E-state index in [9.17, 15) is 14.4 Å². The van der Waals surface area contributed by atoms with Gasteiger partial charge in [0.15, 0.2) is 12.2 Å². The number of carbonyl (C=O) groups excluding carboxylic acids is 2. The number of aliphatic hydroxyl groups is 1. The van der Waals surface area contributed by atoms with Crippen LogP contribution in [0.4, 0.5) is 0 Å². The molecule has 9 nitrogen and oxygen atoms in total. The number of allylic oxidation sites excluding steroid dienone is 1. The van der Waals surface area contributed by atoms with Crippen LogP contribution in [-0.2, 0) is 33.3 Å². The van der Waals surface area contributed by atoms with Crippen LogP contribution in [0, 0.1) is 0 Å². The van der Waals surface area contributed by atoms with Crippen molar-refractivity contribution in [3.05, 3.63) is 36.6 Å². The molecule has 130 valence electrons. The molecule has 2 aliphatic rings. The van der Waals surface area contributed by atoms with Crippen molar-refractivity contribution in [2.45, 2.75) is 24.4 Å². The van der Waals surface area contributed by atoms with Crippen molar-refractivity contribution in [3.63, 3.8) is 0 Å². The van der Waals surface area contributed by atoms with Crippen LogP contribution in [-0.4, -0.2) is 65.8 Å². The summed E-state index contributed by atoms with van der Waals surface area (Å²) >= 11 is 0. The Kier molecular flexibility index (Phi) is 5.72. The second-order valence-electron chi connectivity index (χ2n) is 5.04. The van der Waals surface area contributed by atoms with E-state index < -0.39 is 42.3 Å². The first-order valence-corrected chi connectivity index (χ1v) is 6.98. The van der Waals surface area contributed by atoms with Gasteiger partial charge in [0.2, 0.25) is 0 Å². The number of carbonyl (C=O) groups is 3. The molecular formula is C15H16O9. The molecule has 2 rings (SSSR count). The summed E-state index contributed by atoms with van der Waals surface area (Å²) in [7, 11) is 0. The predicted octanol–water partition coefficient (Wildman–Crippen LogP) is -0.124. The molecule has 2 aliphatic heterocycles. The van der Waals surface area contributed by atoms with Gasteiger partial charge in [-0.25, -0.2) is 14.4 Å². The number of aliphatic hydroxyl groups excluding tert-OH is 1. The topological polar surface area (TPSA) is 129 Å². The molecular weight excluding hydrogens is 324 g/mol. The van der Waals surface area contributed by atoms with E-state index in [1.54, 1.807) is 0 Å². The summed E-state index contributed by atoms with van der Waals surface area (Å²) in [6.45, 7) is 3.30. The average molecular weight is 340 g/mol. The van der Waals surface area contributed by atoms with Crippen molar-refractivity contribution in [2.75, 3.05) is 13.2 Å². The molecule has 0 unspecified atom stereocenters. The van der Waals surface area contributed by atoms with E-state index >= 15 is 0 Å². The lowest BCUT2D eigenvalue weighted by atomic mass is 10.1. The summed E-state index contributed by atoms with van der Waals surface area (Å²) in [5.41, 5.74) is 0. The third kappa shape index (κ3) is 4.67. The van der Waals surface area contributed by atoms with Gasteiger partial charge < -0.3 is 29.2 Å². The first-order chi connectivity index (χ1) is 11.4. The fourth-order valence-electron chi connectivity index (χ4n) is 2.31. The number of carboxylic acids is 1. The molecule has 2 fully saturated rings. The molecule has 2 heterocycles. The fourth-order valence-corrected chi connectivity index (χ4v) is 2.31. The Morgan fingerprint density at radius 3 is 1.75 bits per heavy atom. The Hall–Kier alpha value is -2.65. The maximum atomic E-state index is 11.6. The normalized spacial score (nSPS) is 28.8. The summed E-state index contributed by atoms with van der Waals surface area (Å²) < 4.78 is 21.1. The molecule has 0 spiro atoms. The number of rotatable bonds is 6. The van der Waals surface area contributed by atoms with Crippen molar-refractivity contribution in [3.8, 4) is 0 Å². The Bertz CT molecular complexity index is 540. The summed E-state index contributed by atoms with van der Waals surface area (Å²) in [6, 6.07) is 0. The standard InChI is InChI=1S/C15H16O9/c1-8(16)2-4-12(19)23-9-6-21-15-10(7-22-14(9)15)24-13(20)5-3-11(17)18/h2-5,9-10,14-16H,1,6-7H2,(H,17,18)/b4-2-,5-3+/t9-,10+,14+,15+/m0/s1. The number of carboxylic acid groups (broad SMARTS) is 1. The minimum atomic E-state index is -1.27. The van der Waals surface area contributed by atoms with Crippen LogP contribution in [0.3, 0.4) is 0 Å². The molecule has 0 amide bonds. The summed E-state index contributed by atoms with van der Waals surface area (Å²) in [6.07, 6.45) is 0.937. The third-order valence-electron chi connectivity index (χ3n) is 3.27. The number of hydrogen-bond acceptors (Lipinski definition) is 8. The molecule has 2 N–H and O–H groups in total. The zero-order valence-corrected chi connectivity index (χ0v) is 12.5. The van der Waals surface area contributed by atoms with Crippen LogP contribution >= 0.6 is 0 Å². The summed E-state index contributed by atoms with van der Waals surface area (Å²) in [4.78, 5) is 33.4. The van der Waals surface area contributed by atoms with Gasteiger partial charge in [-0.15, -0.1) is 0 Å².